The molecule has 1 aliphatic carbocycles. The number of non-ortho nitro benzene ring substituents is 1. The number of nitro benzene ring substituents is 1. The summed E-state index contributed by atoms with van der Waals surface area (Å²) in [6.07, 6.45) is 3.57. The van der Waals surface area contributed by atoms with Crippen molar-refractivity contribution in [2.45, 2.75) is 44.7 Å². The number of nitro groups is 1. The van der Waals surface area contributed by atoms with E-state index >= 15 is 0 Å². The molecule has 178 valence electrons. The normalized spacial score (nSPS) is 17.7. The second-order valence-corrected chi connectivity index (χ2v) is 8.99. The highest BCUT2D eigenvalue weighted by Gasteiger charge is 2.23. The first-order chi connectivity index (χ1) is 16.3. The number of carbonyl (C=O) groups excluding carboxylic acids is 1. The van der Waals surface area contributed by atoms with Gasteiger partial charge < -0.3 is 20.9 Å². The van der Waals surface area contributed by atoms with Crippen LogP contribution in [0, 0.1) is 17.0 Å². The molecule has 0 bridgehead atoms. The van der Waals surface area contributed by atoms with Gasteiger partial charge in [0.25, 0.3) is 5.69 Å². The summed E-state index contributed by atoms with van der Waals surface area (Å²) in [5, 5.41) is 21.4. The average Bonchev–Trinajstić information content (AvgIpc) is 2.81. The lowest BCUT2D eigenvalue weighted by molar-refractivity contribution is -0.384. The van der Waals surface area contributed by atoms with Gasteiger partial charge in [-0.2, -0.15) is 0 Å². The van der Waals surface area contributed by atoms with Crippen LogP contribution >= 0.6 is 0 Å². The third-order valence-corrected chi connectivity index (χ3v) is 6.26. The van der Waals surface area contributed by atoms with Crippen LogP contribution in [0.4, 0.5) is 27.7 Å². The van der Waals surface area contributed by atoms with E-state index in [1.54, 1.807) is 13.0 Å². The number of fused-ring (bicyclic) bond motifs is 1. The Morgan fingerprint density at radius 2 is 1.76 bits per heavy atom. The van der Waals surface area contributed by atoms with Crippen molar-refractivity contribution in [2.24, 2.45) is 0 Å². The van der Waals surface area contributed by atoms with E-state index in [0.717, 1.165) is 48.1 Å². The number of aryl methyl sites for hydroxylation is 1. The van der Waals surface area contributed by atoms with E-state index in [0.29, 0.717) is 17.3 Å². The highest BCUT2D eigenvalue weighted by Crippen LogP contribution is 2.29. The molecule has 2 amide bonds. The molecular weight excluding hydrogens is 432 g/mol. The molecule has 0 saturated heterocycles. The second-order valence-electron chi connectivity index (χ2n) is 8.99. The molecule has 0 radical (unpaired) electrons. The summed E-state index contributed by atoms with van der Waals surface area (Å²) in [6.45, 7) is 1.74. The zero-order valence-corrected chi connectivity index (χ0v) is 19.7. The fraction of sp³-hybridized carbons (Fsp3) is 0.360. The largest absolute Gasteiger partial charge is 0.377 e. The molecule has 9 heteroatoms. The number of aromatic nitrogens is 1. The molecule has 3 aromatic rings. The molecule has 0 atom stereocenters. The fourth-order valence-corrected chi connectivity index (χ4v) is 4.44. The number of nitrogens with one attached hydrogen (secondary N) is 3. The fourth-order valence-electron chi connectivity index (χ4n) is 4.44. The first-order valence-electron chi connectivity index (χ1n) is 11.5. The van der Waals surface area contributed by atoms with E-state index in [1.165, 1.54) is 12.1 Å². The number of rotatable bonds is 6. The van der Waals surface area contributed by atoms with Gasteiger partial charge >= 0.3 is 6.03 Å². The van der Waals surface area contributed by atoms with Crippen molar-refractivity contribution >= 4 is 39.8 Å². The first kappa shape index (κ1) is 23.3. The maximum atomic E-state index is 12.5. The lowest BCUT2D eigenvalue weighted by Crippen LogP contribution is -2.42. The maximum absolute atomic E-state index is 12.5. The van der Waals surface area contributed by atoms with Gasteiger partial charge in [0.05, 0.1) is 10.4 Å². The summed E-state index contributed by atoms with van der Waals surface area (Å²) in [7, 11) is 4.07. The predicted molar refractivity (Wildman–Crippen MR) is 136 cm³/mol. The highest BCUT2D eigenvalue weighted by atomic mass is 16.6. The number of hydrogen-bond acceptors (Lipinski definition) is 6. The van der Waals surface area contributed by atoms with Gasteiger partial charge in [0.15, 0.2) is 0 Å². The number of benzene rings is 2. The van der Waals surface area contributed by atoms with Crippen LogP contribution in [0.1, 0.15) is 31.2 Å². The Bertz CT molecular complexity index is 1200. The van der Waals surface area contributed by atoms with Gasteiger partial charge in [-0.1, -0.05) is 18.2 Å². The van der Waals surface area contributed by atoms with E-state index in [2.05, 4.69) is 33.0 Å². The first-order valence-corrected chi connectivity index (χ1v) is 11.5. The second kappa shape index (κ2) is 9.94. The molecule has 3 N–H and O–H groups in total. The quantitative estimate of drug-likeness (QED) is 0.349. The van der Waals surface area contributed by atoms with Gasteiger partial charge in [-0.15, -0.1) is 0 Å². The Labute approximate surface area is 198 Å². The topological polar surface area (TPSA) is 112 Å². The molecule has 0 aliphatic heterocycles. The molecule has 0 spiro atoms. The van der Waals surface area contributed by atoms with Crippen molar-refractivity contribution in [1.82, 2.24) is 10.3 Å². The number of hydrogen-bond donors (Lipinski definition) is 3. The van der Waals surface area contributed by atoms with E-state index in [4.69, 9.17) is 4.98 Å². The van der Waals surface area contributed by atoms with Gasteiger partial charge in [-0.3, -0.25) is 10.1 Å². The van der Waals surface area contributed by atoms with Crippen LogP contribution in [0.2, 0.25) is 0 Å². The van der Waals surface area contributed by atoms with Crippen molar-refractivity contribution < 1.29 is 9.72 Å². The highest BCUT2D eigenvalue weighted by molar-refractivity contribution is 5.93. The van der Waals surface area contributed by atoms with Gasteiger partial charge in [0, 0.05) is 61.1 Å². The predicted octanol–water partition coefficient (Wildman–Crippen LogP) is 5.06. The Morgan fingerprint density at radius 1 is 1.06 bits per heavy atom. The summed E-state index contributed by atoms with van der Waals surface area (Å²) < 4.78 is 0. The Kier molecular flexibility index (Phi) is 6.81. The number of urea groups is 1. The molecule has 1 fully saturated rings. The van der Waals surface area contributed by atoms with Crippen molar-refractivity contribution in [3.8, 4) is 0 Å². The standard InChI is InChI=1S/C25H30N6O3/c1-16-14-19(31(33)34)12-13-21(16)29-25(32)27-18-10-8-17(9-11-18)26-24-15-23(30(2)3)20-6-4-5-7-22(20)28-24/h4-7,12-15,17-18H,8-11H2,1-3H3,(H,26,28)(H2,27,29,32). The van der Waals surface area contributed by atoms with Gasteiger partial charge in [0.1, 0.15) is 5.82 Å². The molecule has 0 unspecified atom stereocenters. The van der Waals surface area contributed by atoms with Crippen LogP contribution in [0.15, 0.2) is 48.5 Å². The van der Waals surface area contributed by atoms with Gasteiger partial charge in [-0.05, 0) is 50.3 Å². The molecular formula is C25H30N6O3. The lowest BCUT2D eigenvalue weighted by atomic mass is 9.91. The van der Waals surface area contributed by atoms with Crippen molar-refractivity contribution in [1.29, 1.82) is 0 Å². The van der Waals surface area contributed by atoms with Crippen molar-refractivity contribution in [3.05, 3.63) is 64.2 Å². The van der Waals surface area contributed by atoms with Crippen LogP contribution < -0.4 is 20.9 Å². The number of amides is 2. The molecule has 1 aromatic heterocycles. The van der Waals surface area contributed by atoms with E-state index in [-0.39, 0.29) is 17.8 Å². The van der Waals surface area contributed by atoms with Gasteiger partial charge in [0.2, 0.25) is 0 Å². The molecule has 1 heterocycles. The third-order valence-electron chi connectivity index (χ3n) is 6.26. The van der Waals surface area contributed by atoms with Crippen LogP contribution in [-0.4, -0.2) is 42.1 Å². The van der Waals surface area contributed by atoms with Crippen LogP contribution in [0.5, 0.6) is 0 Å². The van der Waals surface area contributed by atoms with E-state index < -0.39 is 4.92 Å². The van der Waals surface area contributed by atoms with E-state index in [1.807, 2.05) is 32.3 Å². The SMILES string of the molecule is Cc1cc([N+](=O)[O-])ccc1NC(=O)NC1CCC(Nc2cc(N(C)C)c3ccccc3n2)CC1. The number of carbonyl (C=O) groups is 1. The molecule has 1 aliphatic rings. The minimum atomic E-state index is -0.446. The molecule has 9 nitrogen and oxygen atoms in total. The summed E-state index contributed by atoms with van der Waals surface area (Å²) in [4.78, 5) is 29.8. The summed E-state index contributed by atoms with van der Waals surface area (Å²) >= 11 is 0. The summed E-state index contributed by atoms with van der Waals surface area (Å²) in [5.41, 5.74) is 3.31. The smallest absolute Gasteiger partial charge is 0.319 e. The number of nitrogens with zero attached hydrogens (tertiary/aromatic N) is 3. The van der Waals surface area contributed by atoms with Crippen molar-refractivity contribution in [2.75, 3.05) is 29.6 Å². The Hall–Kier alpha value is -3.88. The zero-order valence-electron chi connectivity index (χ0n) is 19.7. The molecule has 1 saturated carbocycles. The average molecular weight is 463 g/mol. The Morgan fingerprint density at radius 3 is 2.44 bits per heavy atom. The van der Waals surface area contributed by atoms with Gasteiger partial charge in [-0.25, -0.2) is 9.78 Å². The van der Waals surface area contributed by atoms with Crippen LogP contribution in [0.25, 0.3) is 10.9 Å². The maximum Gasteiger partial charge on any atom is 0.319 e. The molecule has 34 heavy (non-hydrogen) atoms. The minimum absolute atomic E-state index is 0.00730. The molecule has 4 rings (SSSR count). The third kappa shape index (κ3) is 5.36. The van der Waals surface area contributed by atoms with E-state index in [9.17, 15) is 14.9 Å². The minimum Gasteiger partial charge on any atom is -0.377 e. The van der Waals surface area contributed by atoms with Crippen LogP contribution in [-0.2, 0) is 0 Å². The molecule has 2 aromatic carbocycles. The summed E-state index contributed by atoms with van der Waals surface area (Å²) in [6, 6.07) is 14.7. The monoisotopic (exact) mass is 462 g/mol. The lowest BCUT2D eigenvalue weighted by Gasteiger charge is -2.30. The summed E-state index contributed by atoms with van der Waals surface area (Å²) in [5.74, 6) is 0.866. The number of pyridine rings is 1. The van der Waals surface area contributed by atoms with Crippen molar-refractivity contribution in [3.63, 3.8) is 0 Å². The zero-order chi connectivity index (χ0) is 24.2. The Balaban J connectivity index is 1.32. The number of para-hydroxylation sites is 1. The number of anilines is 3. The van der Waals surface area contributed by atoms with Crippen LogP contribution in [0.3, 0.4) is 0 Å².